The number of H-pyrrole nitrogens is 1. The van der Waals surface area contributed by atoms with Gasteiger partial charge in [0.25, 0.3) is 0 Å². The van der Waals surface area contributed by atoms with Crippen LogP contribution in [0.25, 0.3) is 11.0 Å². The Morgan fingerprint density at radius 2 is 2.21 bits per heavy atom. The third-order valence-electron chi connectivity index (χ3n) is 3.04. The van der Waals surface area contributed by atoms with Crippen molar-refractivity contribution in [1.82, 2.24) is 9.55 Å². The van der Waals surface area contributed by atoms with E-state index in [0.29, 0.717) is 20.4 Å². The summed E-state index contributed by atoms with van der Waals surface area (Å²) < 4.78 is 16.3. The van der Waals surface area contributed by atoms with Crippen LogP contribution in [0.4, 0.5) is 4.39 Å². The highest BCUT2D eigenvalue weighted by atomic mass is 127. The molecule has 0 aliphatic rings. The molecule has 1 amide bonds. The second-order valence-electron chi connectivity index (χ2n) is 5.05. The van der Waals surface area contributed by atoms with E-state index in [2.05, 4.69) is 4.98 Å². The number of nitrogens with two attached hydrogens (primary N) is 1. The van der Waals surface area contributed by atoms with Gasteiger partial charge in [-0.25, -0.2) is 4.39 Å². The summed E-state index contributed by atoms with van der Waals surface area (Å²) in [6.07, 6.45) is 0. The van der Waals surface area contributed by atoms with Gasteiger partial charge in [-0.2, -0.15) is 0 Å². The SMILES string of the molecule is CC(C)(Cn1c(=S)[nH]c2cc(I)c(F)cc21)C(N)=O. The van der Waals surface area contributed by atoms with Gasteiger partial charge in [-0.1, -0.05) is 0 Å². The summed E-state index contributed by atoms with van der Waals surface area (Å²) in [5, 5.41) is 0. The second kappa shape index (κ2) is 4.86. The standard InChI is InChI=1S/C12H13FIN3OS/c1-12(2,10(15)18)5-17-9-3-6(13)7(14)4-8(9)16-11(17)19/h3-4H,5H2,1-2H3,(H2,15,18)(H,16,19). The number of aromatic nitrogens is 2. The van der Waals surface area contributed by atoms with Crippen LogP contribution in [0.1, 0.15) is 13.8 Å². The molecule has 19 heavy (non-hydrogen) atoms. The van der Waals surface area contributed by atoms with Gasteiger partial charge >= 0.3 is 0 Å². The first-order chi connectivity index (χ1) is 8.72. The Bertz CT molecular complexity index is 720. The zero-order chi connectivity index (χ0) is 14.4. The predicted molar refractivity (Wildman–Crippen MR) is 82.8 cm³/mol. The molecular formula is C12H13FIN3OS. The molecule has 0 bridgehead atoms. The molecule has 1 heterocycles. The van der Waals surface area contributed by atoms with Gasteiger partial charge in [0.05, 0.1) is 20.0 Å². The number of carbonyl (C=O) groups excluding carboxylic acids is 1. The van der Waals surface area contributed by atoms with Crippen LogP contribution in [0.15, 0.2) is 12.1 Å². The van der Waals surface area contributed by atoms with Crippen LogP contribution in [-0.4, -0.2) is 15.5 Å². The van der Waals surface area contributed by atoms with Gasteiger partial charge in [-0.05, 0) is 54.7 Å². The van der Waals surface area contributed by atoms with Crippen molar-refractivity contribution in [2.45, 2.75) is 20.4 Å². The molecule has 2 rings (SSSR count). The minimum atomic E-state index is -0.757. The molecule has 0 radical (unpaired) electrons. The van der Waals surface area contributed by atoms with Crippen LogP contribution < -0.4 is 5.73 Å². The minimum absolute atomic E-state index is 0.307. The van der Waals surface area contributed by atoms with E-state index >= 15 is 0 Å². The van der Waals surface area contributed by atoms with Gasteiger partial charge in [-0.15, -0.1) is 0 Å². The van der Waals surface area contributed by atoms with Crippen molar-refractivity contribution < 1.29 is 9.18 Å². The number of primary amides is 1. The first-order valence-corrected chi connectivity index (χ1v) is 7.08. The van der Waals surface area contributed by atoms with Crippen molar-refractivity contribution in [3.8, 4) is 0 Å². The molecule has 0 saturated heterocycles. The van der Waals surface area contributed by atoms with Gasteiger partial charge in [0.2, 0.25) is 5.91 Å². The number of aromatic amines is 1. The Kier molecular flexibility index (Phi) is 3.69. The number of fused-ring (bicyclic) bond motifs is 1. The highest BCUT2D eigenvalue weighted by Gasteiger charge is 2.26. The van der Waals surface area contributed by atoms with Crippen LogP contribution in [0.3, 0.4) is 0 Å². The largest absolute Gasteiger partial charge is 0.369 e. The number of rotatable bonds is 3. The molecule has 0 aliphatic carbocycles. The van der Waals surface area contributed by atoms with E-state index in [9.17, 15) is 9.18 Å². The number of halogens is 2. The Morgan fingerprint density at radius 3 is 2.79 bits per heavy atom. The van der Waals surface area contributed by atoms with Crippen LogP contribution in [-0.2, 0) is 11.3 Å². The van der Waals surface area contributed by atoms with Crippen LogP contribution >= 0.6 is 34.8 Å². The fourth-order valence-electron chi connectivity index (χ4n) is 1.78. The number of hydrogen-bond acceptors (Lipinski definition) is 2. The third-order valence-corrected chi connectivity index (χ3v) is 4.19. The lowest BCUT2D eigenvalue weighted by Crippen LogP contribution is -2.35. The molecule has 1 aromatic heterocycles. The van der Waals surface area contributed by atoms with E-state index < -0.39 is 11.3 Å². The fourth-order valence-corrected chi connectivity index (χ4v) is 2.52. The quantitative estimate of drug-likeness (QED) is 0.622. The summed E-state index contributed by atoms with van der Waals surface area (Å²) in [5.74, 6) is -0.734. The zero-order valence-electron chi connectivity index (χ0n) is 10.5. The maximum atomic E-state index is 13.7. The van der Waals surface area contributed by atoms with Crippen molar-refractivity contribution >= 4 is 51.7 Å². The van der Waals surface area contributed by atoms with Gasteiger partial charge < -0.3 is 15.3 Å². The number of nitrogens with one attached hydrogen (secondary N) is 1. The molecule has 1 aromatic carbocycles. The summed E-state index contributed by atoms with van der Waals surface area (Å²) in [5.41, 5.74) is 5.99. The molecule has 0 fully saturated rings. The average molecular weight is 393 g/mol. The second-order valence-corrected chi connectivity index (χ2v) is 6.60. The molecule has 0 unspecified atom stereocenters. The Morgan fingerprint density at radius 1 is 1.58 bits per heavy atom. The lowest BCUT2D eigenvalue weighted by Gasteiger charge is -2.21. The molecule has 4 nitrogen and oxygen atoms in total. The molecule has 0 saturated carbocycles. The third kappa shape index (κ3) is 2.66. The van der Waals surface area contributed by atoms with Crippen molar-refractivity contribution in [1.29, 1.82) is 0 Å². The number of hydrogen-bond donors (Lipinski definition) is 2. The van der Waals surface area contributed by atoms with Crippen molar-refractivity contribution in [3.05, 3.63) is 26.3 Å². The Balaban J connectivity index is 2.61. The molecular weight excluding hydrogens is 380 g/mol. The summed E-state index contributed by atoms with van der Waals surface area (Å²) >= 11 is 7.14. The molecule has 0 aliphatic heterocycles. The van der Waals surface area contributed by atoms with Crippen LogP contribution in [0.2, 0.25) is 0 Å². The van der Waals surface area contributed by atoms with Crippen molar-refractivity contribution in [2.75, 3.05) is 0 Å². The summed E-state index contributed by atoms with van der Waals surface area (Å²) in [7, 11) is 0. The van der Waals surface area contributed by atoms with E-state index in [1.165, 1.54) is 6.07 Å². The molecule has 7 heteroatoms. The van der Waals surface area contributed by atoms with E-state index in [1.54, 1.807) is 24.5 Å². The zero-order valence-corrected chi connectivity index (χ0v) is 13.4. The predicted octanol–water partition coefficient (Wildman–Crippen LogP) is 2.95. The van der Waals surface area contributed by atoms with Gasteiger partial charge in [0.15, 0.2) is 4.77 Å². The number of amides is 1. The summed E-state index contributed by atoms with van der Waals surface area (Å²) in [6, 6.07) is 3.11. The van der Waals surface area contributed by atoms with E-state index in [4.69, 9.17) is 18.0 Å². The number of benzene rings is 1. The van der Waals surface area contributed by atoms with Crippen LogP contribution in [0.5, 0.6) is 0 Å². The fraction of sp³-hybridized carbons (Fsp3) is 0.333. The molecule has 0 spiro atoms. The summed E-state index contributed by atoms with van der Waals surface area (Å²) in [4.78, 5) is 14.4. The summed E-state index contributed by atoms with van der Waals surface area (Å²) in [6.45, 7) is 3.78. The molecule has 3 N–H and O–H groups in total. The Labute approximate surface area is 128 Å². The normalized spacial score (nSPS) is 12.0. The van der Waals surface area contributed by atoms with Crippen LogP contribution in [0, 0.1) is 19.6 Å². The first-order valence-electron chi connectivity index (χ1n) is 5.60. The molecule has 0 atom stereocenters. The lowest BCUT2D eigenvalue weighted by atomic mass is 9.92. The maximum absolute atomic E-state index is 13.7. The molecule has 2 aromatic rings. The van der Waals surface area contributed by atoms with E-state index in [-0.39, 0.29) is 5.82 Å². The number of nitrogens with zero attached hydrogens (tertiary/aromatic N) is 1. The highest BCUT2D eigenvalue weighted by Crippen LogP contribution is 2.24. The van der Waals surface area contributed by atoms with Gasteiger partial charge in [0.1, 0.15) is 5.82 Å². The lowest BCUT2D eigenvalue weighted by molar-refractivity contribution is -0.126. The monoisotopic (exact) mass is 393 g/mol. The van der Waals surface area contributed by atoms with E-state index in [0.717, 1.165) is 5.52 Å². The topological polar surface area (TPSA) is 63.8 Å². The smallest absolute Gasteiger partial charge is 0.224 e. The van der Waals surface area contributed by atoms with Gasteiger partial charge in [-0.3, -0.25) is 4.79 Å². The average Bonchev–Trinajstić information content (AvgIpc) is 2.56. The van der Waals surface area contributed by atoms with E-state index in [1.807, 2.05) is 22.6 Å². The first kappa shape index (κ1) is 14.4. The Hall–Kier alpha value is -0.960. The minimum Gasteiger partial charge on any atom is -0.369 e. The number of carbonyl (C=O) groups is 1. The highest BCUT2D eigenvalue weighted by molar-refractivity contribution is 14.1. The van der Waals surface area contributed by atoms with Crippen molar-refractivity contribution in [2.24, 2.45) is 11.1 Å². The molecule has 102 valence electrons. The number of imidazole rings is 1. The van der Waals surface area contributed by atoms with Gasteiger partial charge in [0, 0.05) is 12.6 Å². The van der Waals surface area contributed by atoms with Crippen molar-refractivity contribution in [3.63, 3.8) is 0 Å². The maximum Gasteiger partial charge on any atom is 0.224 e.